The summed E-state index contributed by atoms with van der Waals surface area (Å²) in [6.45, 7) is 5.81. The highest BCUT2D eigenvalue weighted by atomic mass is 32.2. The summed E-state index contributed by atoms with van der Waals surface area (Å²) in [5.41, 5.74) is 1.79. The first kappa shape index (κ1) is 27.5. The lowest BCUT2D eigenvalue weighted by Crippen LogP contribution is -2.50. The number of nitrogens with zero attached hydrogens (tertiary/aromatic N) is 2. The summed E-state index contributed by atoms with van der Waals surface area (Å²) in [5, 5.41) is 0.221. The van der Waals surface area contributed by atoms with Gasteiger partial charge in [-0.15, -0.1) is 11.3 Å². The number of fused-ring (bicyclic) bond motifs is 5. The number of carbonyl (C=O) groups is 2. The summed E-state index contributed by atoms with van der Waals surface area (Å²) >= 11 is 1.29. The van der Waals surface area contributed by atoms with E-state index in [1.54, 1.807) is 6.07 Å². The first-order chi connectivity index (χ1) is 18.7. The summed E-state index contributed by atoms with van der Waals surface area (Å²) in [7, 11) is -4.10. The van der Waals surface area contributed by atoms with E-state index < -0.39 is 22.1 Å². The summed E-state index contributed by atoms with van der Waals surface area (Å²) in [5.74, 6) is -1.99. The summed E-state index contributed by atoms with van der Waals surface area (Å²) < 4.78 is 73.9. The van der Waals surface area contributed by atoms with E-state index in [0.29, 0.717) is 22.4 Å². The van der Waals surface area contributed by atoms with E-state index in [1.807, 2.05) is 6.92 Å². The Labute approximate surface area is 234 Å². The van der Waals surface area contributed by atoms with Crippen LogP contribution in [0, 0.1) is 23.2 Å². The van der Waals surface area contributed by atoms with Crippen LogP contribution in [0.3, 0.4) is 0 Å². The number of nitrogens with one attached hydrogen (secondary N) is 1. The average molecular weight is 598 g/mol. The molecule has 1 amide bonds. The number of thiazole rings is 1. The molecule has 3 heterocycles. The predicted molar refractivity (Wildman–Crippen MR) is 140 cm³/mol. The second-order valence-electron chi connectivity index (χ2n) is 11.9. The Hall–Kier alpha value is -2.67. The molecule has 2 aromatic rings. The van der Waals surface area contributed by atoms with Crippen molar-refractivity contribution in [3.63, 3.8) is 0 Å². The van der Waals surface area contributed by atoms with Crippen molar-refractivity contribution in [3.8, 4) is 0 Å². The lowest BCUT2D eigenvalue weighted by atomic mass is 9.54. The van der Waals surface area contributed by atoms with Gasteiger partial charge in [0.05, 0.1) is 16.5 Å². The highest BCUT2D eigenvalue weighted by Crippen LogP contribution is 2.59. The van der Waals surface area contributed by atoms with Crippen LogP contribution in [-0.2, 0) is 43.7 Å². The second-order valence-corrected chi connectivity index (χ2v) is 14.6. The van der Waals surface area contributed by atoms with Crippen LogP contribution in [0.15, 0.2) is 23.1 Å². The van der Waals surface area contributed by atoms with Gasteiger partial charge in [0.25, 0.3) is 10.0 Å². The molecular formula is C27H30F3N3O5S2. The van der Waals surface area contributed by atoms with E-state index in [4.69, 9.17) is 4.74 Å². The third kappa shape index (κ3) is 4.40. The number of hydrogen-bond donors (Lipinski definition) is 1. The maximum absolute atomic E-state index is 13.3. The van der Waals surface area contributed by atoms with Crippen molar-refractivity contribution in [2.45, 2.75) is 76.1 Å². The first-order valence-electron chi connectivity index (χ1n) is 13.4. The monoisotopic (exact) mass is 597 g/mol. The lowest BCUT2D eigenvalue weighted by molar-refractivity contribution is -0.186. The fourth-order valence-electron chi connectivity index (χ4n) is 7.35. The number of esters is 1. The van der Waals surface area contributed by atoms with E-state index in [2.05, 4.69) is 23.6 Å². The van der Waals surface area contributed by atoms with Gasteiger partial charge in [-0.2, -0.15) is 13.2 Å². The molecule has 6 unspecified atom stereocenters. The van der Waals surface area contributed by atoms with E-state index in [0.717, 1.165) is 23.4 Å². The number of sulfonamides is 1. The van der Waals surface area contributed by atoms with Gasteiger partial charge in [0.2, 0.25) is 0 Å². The van der Waals surface area contributed by atoms with Gasteiger partial charge >= 0.3 is 18.1 Å². The maximum atomic E-state index is 13.3. The molecule has 40 heavy (non-hydrogen) atoms. The van der Waals surface area contributed by atoms with Crippen LogP contribution in [0.1, 0.15) is 61.2 Å². The zero-order valence-corrected chi connectivity index (χ0v) is 23.9. The molecule has 13 heteroatoms. The van der Waals surface area contributed by atoms with Gasteiger partial charge in [-0.1, -0.05) is 26.8 Å². The van der Waals surface area contributed by atoms with Gasteiger partial charge in [0.1, 0.15) is 6.10 Å². The molecule has 1 saturated heterocycles. The van der Waals surface area contributed by atoms with Gasteiger partial charge < -0.3 is 9.64 Å². The van der Waals surface area contributed by atoms with Crippen molar-refractivity contribution in [2.24, 2.45) is 23.2 Å². The molecule has 8 nitrogen and oxygen atoms in total. The fourth-order valence-corrected chi connectivity index (χ4v) is 9.90. The number of aromatic nitrogens is 1. The molecule has 0 radical (unpaired) electrons. The highest BCUT2D eigenvalue weighted by molar-refractivity contribution is 7.93. The number of amides is 1. The molecule has 2 aliphatic carbocycles. The number of alkyl halides is 3. The first-order valence-corrected chi connectivity index (χ1v) is 15.7. The Kier molecular flexibility index (Phi) is 6.30. The number of benzene rings is 1. The Bertz CT molecular complexity index is 1510. The topological polar surface area (TPSA) is 106 Å². The number of hydrogen-bond acceptors (Lipinski definition) is 7. The van der Waals surface area contributed by atoms with Crippen molar-refractivity contribution >= 4 is 38.4 Å². The standard InChI is InChI=1S/C27H30F3N3O5S2/c1-13-18-6-8-26(3)11-19-21(14(2)20(26)22(18)38-23(13)34)31-25(39-19)32-40(36,37)17-5-4-15-7-9-33(12-16(15)10-17)24(35)27(28,29)30/h4-5,10,13-14,18,20,22H,6-9,11-12H2,1-3H3,(H,31,32). The quantitative estimate of drug-likeness (QED) is 0.517. The van der Waals surface area contributed by atoms with Gasteiger partial charge in [-0.25, -0.2) is 13.4 Å². The number of halogens is 3. The average Bonchev–Trinajstić information content (AvgIpc) is 3.40. The van der Waals surface area contributed by atoms with Crippen molar-refractivity contribution < 1.29 is 35.9 Å². The number of anilines is 1. The molecule has 1 aromatic carbocycles. The molecule has 2 fully saturated rings. The third-order valence-electron chi connectivity index (χ3n) is 9.41. The molecule has 4 aliphatic rings. The second kappa shape index (κ2) is 9.17. The molecule has 216 valence electrons. The van der Waals surface area contributed by atoms with E-state index in [1.165, 1.54) is 23.5 Å². The number of rotatable bonds is 3. The van der Waals surface area contributed by atoms with Crippen molar-refractivity contribution in [1.82, 2.24) is 9.88 Å². The molecule has 0 bridgehead atoms. The molecule has 0 spiro atoms. The normalized spacial score (nSPS) is 31.5. The SMILES string of the molecule is CC1C(=O)OC2C1CCC1(C)Cc3sc(NS(=O)(=O)c4ccc5c(c4)CN(C(=O)C(F)(F)F)CC5)nc3C(C)C21. The van der Waals surface area contributed by atoms with Crippen LogP contribution < -0.4 is 4.72 Å². The minimum atomic E-state index is -4.99. The van der Waals surface area contributed by atoms with Crippen LogP contribution >= 0.6 is 11.3 Å². The largest absolute Gasteiger partial charge is 0.471 e. The van der Waals surface area contributed by atoms with Crippen LogP contribution in [0.4, 0.5) is 18.3 Å². The van der Waals surface area contributed by atoms with Crippen molar-refractivity contribution in [2.75, 3.05) is 11.3 Å². The maximum Gasteiger partial charge on any atom is 0.471 e. The summed E-state index contributed by atoms with van der Waals surface area (Å²) in [6.07, 6.45) is -2.38. The zero-order valence-electron chi connectivity index (χ0n) is 22.2. The Balaban J connectivity index is 1.24. The highest BCUT2D eigenvalue weighted by Gasteiger charge is 2.58. The Morgan fingerprint density at radius 1 is 1.23 bits per heavy atom. The molecule has 1 N–H and O–H groups in total. The van der Waals surface area contributed by atoms with Crippen molar-refractivity contribution in [1.29, 1.82) is 0 Å². The third-order valence-corrected chi connectivity index (χ3v) is 11.9. The molecule has 1 aromatic heterocycles. The molecule has 6 rings (SSSR count). The molecule has 1 saturated carbocycles. The summed E-state index contributed by atoms with van der Waals surface area (Å²) in [6, 6.07) is 4.33. The Morgan fingerprint density at radius 3 is 2.70 bits per heavy atom. The molecular weight excluding hydrogens is 567 g/mol. The van der Waals surface area contributed by atoms with Gasteiger partial charge in [-0.05, 0) is 54.4 Å². The van der Waals surface area contributed by atoms with Crippen LogP contribution in [0.2, 0.25) is 0 Å². The summed E-state index contributed by atoms with van der Waals surface area (Å²) in [4.78, 5) is 30.4. The lowest BCUT2D eigenvalue weighted by Gasteiger charge is -2.51. The minimum Gasteiger partial charge on any atom is -0.461 e. The Morgan fingerprint density at radius 2 is 1.98 bits per heavy atom. The van der Waals surface area contributed by atoms with Gasteiger partial charge in [0, 0.05) is 35.7 Å². The van der Waals surface area contributed by atoms with Crippen LogP contribution in [-0.4, -0.2) is 49.0 Å². The molecule has 6 atom stereocenters. The number of ether oxygens (including phenoxy) is 1. The van der Waals surface area contributed by atoms with Gasteiger partial charge in [-0.3, -0.25) is 14.3 Å². The van der Waals surface area contributed by atoms with Crippen molar-refractivity contribution in [3.05, 3.63) is 39.9 Å². The van der Waals surface area contributed by atoms with E-state index in [9.17, 15) is 31.2 Å². The smallest absolute Gasteiger partial charge is 0.461 e. The predicted octanol–water partition coefficient (Wildman–Crippen LogP) is 4.64. The zero-order chi connectivity index (χ0) is 28.8. The fraction of sp³-hybridized carbons (Fsp3) is 0.593. The van der Waals surface area contributed by atoms with Gasteiger partial charge in [0.15, 0.2) is 5.13 Å². The number of carbonyl (C=O) groups excluding carboxylic acids is 2. The van der Waals surface area contributed by atoms with Crippen LogP contribution in [0.5, 0.6) is 0 Å². The van der Waals surface area contributed by atoms with E-state index in [-0.39, 0.29) is 70.7 Å². The van der Waals surface area contributed by atoms with Crippen LogP contribution in [0.25, 0.3) is 0 Å². The van der Waals surface area contributed by atoms with E-state index >= 15 is 0 Å². The molecule has 2 aliphatic heterocycles. The minimum absolute atomic E-state index is 0.0324.